The van der Waals surface area contributed by atoms with Gasteiger partial charge in [-0.3, -0.25) is 4.39 Å². The molecule has 1 heteroatoms. The van der Waals surface area contributed by atoms with Crippen LogP contribution in [0, 0.1) is 0 Å². The lowest BCUT2D eigenvalue weighted by Crippen LogP contribution is -1.93. The molecule has 0 aromatic heterocycles. The summed E-state index contributed by atoms with van der Waals surface area (Å²) in [7, 11) is 0. The summed E-state index contributed by atoms with van der Waals surface area (Å²) in [5.74, 6) is 0.311. The second kappa shape index (κ2) is 3.10. The lowest BCUT2D eigenvalue weighted by molar-refractivity contribution is 0.460. The van der Waals surface area contributed by atoms with Crippen LogP contribution in [0.2, 0.25) is 0 Å². The van der Waals surface area contributed by atoms with Gasteiger partial charge in [-0.2, -0.15) is 0 Å². The summed E-state index contributed by atoms with van der Waals surface area (Å²) in [6.07, 6.45) is 4.79. The molecule has 0 nitrogen and oxygen atoms in total. The quantitative estimate of drug-likeness (QED) is 0.626. The Bertz CT molecular complexity index is 302. The number of fused-ring (bicyclic) bond motifs is 1. The maximum absolute atomic E-state index is 12.1. The van der Waals surface area contributed by atoms with Crippen LogP contribution < -0.4 is 0 Å². The van der Waals surface area contributed by atoms with Crippen LogP contribution >= 0.6 is 0 Å². The fourth-order valence-electron chi connectivity index (χ4n) is 1.69. The van der Waals surface area contributed by atoms with Gasteiger partial charge in [0.1, 0.15) is 0 Å². The van der Waals surface area contributed by atoms with E-state index in [1.54, 1.807) is 0 Å². The summed E-state index contributed by atoms with van der Waals surface area (Å²) in [4.78, 5) is 0. The zero-order valence-electron chi connectivity index (χ0n) is 6.83. The largest absolute Gasteiger partial charge is 0.251 e. The SMILES string of the molecule is FCCC1C=Cc2ccccc21. The van der Waals surface area contributed by atoms with Crippen molar-refractivity contribution in [2.75, 3.05) is 6.67 Å². The highest BCUT2D eigenvalue weighted by Crippen LogP contribution is 2.31. The van der Waals surface area contributed by atoms with E-state index in [-0.39, 0.29) is 6.67 Å². The Balaban J connectivity index is 2.30. The number of hydrogen-bond acceptors (Lipinski definition) is 0. The molecule has 0 saturated carbocycles. The van der Waals surface area contributed by atoms with E-state index in [9.17, 15) is 4.39 Å². The van der Waals surface area contributed by atoms with Crippen molar-refractivity contribution >= 4 is 6.08 Å². The number of allylic oxidation sites excluding steroid dienone is 1. The standard InChI is InChI=1S/C11H11F/c12-8-7-10-6-5-9-3-1-2-4-11(9)10/h1-6,10H,7-8H2. The van der Waals surface area contributed by atoms with Crippen molar-refractivity contribution in [3.8, 4) is 0 Å². The van der Waals surface area contributed by atoms with Gasteiger partial charge in [-0.15, -0.1) is 0 Å². The summed E-state index contributed by atoms with van der Waals surface area (Å²) >= 11 is 0. The summed E-state index contributed by atoms with van der Waals surface area (Å²) in [5, 5.41) is 0. The molecule has 1 unspecified atom stereocenters. The normalized spacial score (nSPS) is 19.6. The second-order valence-electron chi connectivity index (χ2n) is 3.07. The average Bonchev–Trinajstić information content (AvgIpc) is 2.50. The average molecular weight is 162 g/mol. The first-order valence-electron chi connectivity index (χ1n) is 4.25. The van der Waals surface area contributed by atoms with Crippen LogP contribution in [0.25, 0.3) is 6.08 Å². The third-order valence-electron chi connectivity index (χ3n) is 2.32. The molecule has 1 aromatic rings. The molecule has 0 radical (unpaired) electrons. The topological polar surface area (TPSA) is 0 Å². The van der Waals surface area contributed by atoms with Crippen LogP contribution in [-0.2, 0) is 0 Å². The summed E-state index contributed by atoms with van der Waals surface area (Å²) in [6.45, 7) is -0.233. The molecule has 0 bridgehead atoms. The number of halogens is 1. The predicted octanol–water partition coefficient (Wildman–Crippen LogP) is 3.16. The van der Waals surface area contributed by atoms with Crippen molar-refractivity contribution in [2.45, 2.75) is 12.3 Å². The molecule has 1 atom stereocenters. The highest BCUT2D eigenvalue weighted by Gasteiger charge is 2.15. The zero-order chi connectivity index (χ0) is 8.39. The molecule has 1 aromatic carbocycles. The third kappa shape index (κ3) is 1.15. The van der Waals surface area contributed by atoms with Crippen LogP contribution in [0.5, 0.6) is 0 Å². The molecule has 0 aliphatic heterocycles. The summed E-state index contributed by atoms with van der Waals surface area (Å²) in [6, 6.07) is 8.18. The number of hydrogen-bond donors (Lipinski definition) is 0. The molecular weight excluding hydrogens is 151 g/mol. The van der Waals surface area contributed by atoms with Crippen molar-refractivity contribution in [2.24, 2.45) is 0 Å². The number of benzene rings is 1. The van der Waals surface area contributed by atoms with Gasteiger partial charge in [0, 0.05) is 5.92 Å². The minimum atomic E-state index is -0.233. The molecule has 0 heterocycles. The van der Waals surface area contributed by atoms with Gasteiger partial charge < -0.3 is 0 Å². The second-order valence-corrected chi connectivity index (χ2v) is 3.07. The van der Waals surface area contributed by atoms with E-state index in [0.717, 1.165) is 0 Å². The highest BCUT2D eigenvalue weighted by molar-refractivity contribution is 5.62. The van der Waals surface area contributed by atoms with Gasteiger partial charge >= 0.3 is 0 Å². The Morgan fingerprint density at radius 2 is 2.08 bits per heavy atom. The first kappa shape index (κ1) is 7.53. The fraction of sp³-hybridized carbons (Fsp3) is 0.273. The van der Waals surface area contributed by atoms with Crippen LogP contribution in [0.3, 0.4) is 0 Å². The molecule has 0 spiro atoms. The smallest absolute Gasteiger partial charge is 0.0903 e. The van der Waals surface area contributed by atoms with E-state index in [0.29, 0.717) is 12.3 Å². The monoisotopic (exact) mass is 162 g/mol. The maximum Gasteiger partial charge on any atom is 0.0903 e. The van der Waals surface area contributed by atoms with E-state index in [1.807, 2.05) is 12.1 Å². The molecular formula is C11H11F. The number of rotatable bonds is 2. The van der Waals surface area contributed by atoms with Gasteiger partial charge in [-0.1, -0.05) is 36.4 Å². The molecule has 1 aliphatic rings. The van der Waals surface area contributed by atoms with Crippen LogP contribution in [0.4, 0.5) is 4.39 Å². The predicted molar refractivity (Wildman–Crippen MR) is 48.8 cm³/mol. The van der Waals surface area contributed by atoms with E-state index >= 15 is 0 Å². The third-order valence-corrected chi connectivity index (χ3v) is 2.32. The molecule has 12 heavy (non-hydrogen) atoms. The molecule has 62 valence electrons. The summed E-state index contributed by atoms with van der Waals surface area (Å²) < 4.78 is 12.1. The minimum absolute atomic E-state index is 0.233. The molecule has 0 saturated heterocycles. The van der Waals surface area contributed by atoms with E-state index in [1.165, 1.54) is 11.1 Å². The van der Waals surface area contributed by atoms with Gasteiger partial charge in [0.05, 0.1) is 6.67 Å². The van der Waals surface area contributed by atoms with Gasteiger partial charge in [-0.25, -0.2) is 0 Å². The van der Waals surface area contributed by atoms with Gasteiger partial charge in [0.15, 0.2) is 0 Å². The Labute approximate surface area is 71.7 Å². The highest BCUT2D eigenvalue weighted by atomic mass is 19.1. The molecule has 0 amide bonds. The fourth-order valence-corrected chi connectivity index (χ4v) is 1.69. The molecule has 0 fully saturated rings. The Morgan fingerprint density at radius 3 is 2.92 bits per heavy atom. The zero-order valence-corrected chi connectivity index (χ0v) is 6.83. The first-order valence-corrected chi connectivity index (χ1v) is 4.25. The minimum Gasteiger partial charge on any atom is -0.251 e. The van der Waals surface area contributed by atoms with Crippen molar-refractivity contribution in [3.63, 3.8) is 0 Å². The Morgan fingerprint density at radius 1 is 1.25 bits per heavy atom. The lowest BCUT2D eigenvalue weighted by Gasteiger charge is -2.07. The lowest BCUT2D eigenvalue weighted by atomic mass is 9.98. The molecule has 1 aliphatic carbocycles. The maximum atomic E-state index is 12.1. The first-order chi connectivity index (χ1) is 5.92. The van der Waals surface area contributed by atoms with E-state index in [2.05, 4.69) is 24.3 Å². The van der Waals surface area contributed by atoms with Gasteiger partial charge in [0.2, 0.25) is 0 Å². The Hall–Kier alpha value is -1.11. The van der Waals surface area contributed by atoms with Crippen molar-refractivity contribution < 1.29 is 4.39 Å². The van der Waals surface area contributed by atoms with Crippen molar-refractivity contribution in [3.05, 3.63) is 41.5 Å². The van der Waals surface area contributed by atoms with Crippen LogP contribution in [0.1, 0.15) is 23.5 Å². The van der Waals surface area contributed by atoms with Gasteiger partial charge in [-0.05, 0) is 17.5 Å². The van der Waals surface area contributed by atoms with Crippen molar-refractivity contribution in [1.82, 2.24) is 0 Å². The summed E-state index contributed by atoms with van der Waals surface area (Å²) in [5.41, 5.74) is 2.52. The molecule has 0 N–H and O–H groups in total. The van der Waals surface area contributed by atoms with Gasteiger partial charge in [0.25, 0.3) is 0 Å². The molecule has 2 rings (SSSR count). The number of alkyl halides is 1. The Kier molecular flexibility index (Phi) is 1.94. The van der Waals surface area contributed by atoms with Crippen LogP contribution in [0.15, 0.2) is 30.3 Å². The van der Waals surface area contributed by atoms with Crippen molar-refractivity contribution in [1.29, 1.82) is 0 Å². The van der Waals surface area contributed by atoms with E-state index < -0.39 is 0 Å². The van der Waals surface area contributed by atoms with E-state index in [4.69, 9.17) is 0 Å². The van der Waals surface area contributed by atoms with Crippen LogP contribution in [-0.4, -0.2) is 6.67 Å².